The van der Waals surface area contributed by atoms with Gasteiger partial charge in [-0.25, -0.2) is 0 Å². The zero-order chi connectivity index (χ0) is 32.3. The topological polar surface area (TPSA) is 115 Å². The molecule has 0 aliphatic carbocycles. The first-order chi connectivity index (χ1) is 21.7. The number of rotatable bonds is 12. The summed E-state index contributed by atoms with van der Waals surface area (Å²) >= 11 is 7.55. The average molecular weight is 646 g/mol. The molecule has 4 aromatic rings. The van der Waals surface area contributed by atoms with Crippen LogP contribution < -0.4 is 30.2 Å². The van der Waals surface area contributed by atoms with Crippen LogP contribution in [0.25, 0.3) is 6.08 Å². The number of nitrogens with one attached hydrogen (secondary N) is 3. The van der Waals surface area contributed by atoms with E-state index in [9.17, 15) is 14.4 Å². The summed E-state index contributed by atoms with van der Waals surface area (Å²) in [5.74, 6) is 0.271. The molecule has 3 amide bonds. The van der Waals surface area contributed by atoms with Gasteiger partial charge < -0.3 is 30.2 Å². The molecule has 0 aliphatic rings. The fraction of sp³-hybridized carbons (Fsp3) is 0.147. The van der Waals surface area contributed by atoms with E-state index in [2.05, 4.69) is 16.0 Å². The van der Waals surface area contributed by atoms with Gasteiger partial charge in [0.1, 0.15) is 22.9 Å². The molecule has 1 atom stereocenters. The number of methoxy groups -OCH3 is 3. The third-order valence-corrected chi connectivity index (χ3v) is 7.85. The summed E-state index contributed by atoms with van der Waals surface area (Å²) in [6.07, 6.45) is 1.58. The Kier molecular flexibility index (Phi) is 11.5. The monoisotopic (exact) mass is 645 g/mol. The quantitative estimate of drug-likeness (QED) is 0.113. The number of hydrogen-bond acceptors (Lipinski definition) is 7. The maximum Gasteiger partial charge on any atom is 0.272 e. The molecule has 0 aliphatic heterocycles. The van der Waals surface area contributed by atoms with Gasteiger partial charge in [0.15, 0.2) is 0 Å². The number of carbonyl (C=O) groups excluding carboxylic acids is 3. The van der Waals surface area contributed by atoms with E-state index in [0.29, 0.717) is 44.8 Å². The van der Waals surface area contributed by atoms with Crippen molar-refractivity contribution in [3.63, 3.8) is 0 Å². The van der Waals surface area contributed by atoms with Gasteiger partial charge in [0.25, 0.3) is 11.8 Å². The lowest BCUT2D eigenvalue weighted by atomic mass is 10.1. The van der Waals surface area contributed by atoms with Gasteiger partial charge >= 0.3 is 0 Å². The van der Waals surface area contributed by atoms with E-state index in [1.807, 2.05) is 6.07 Å². The fourth-order valence-corrected chi connectivity index (χ4v) is 5.27. The summed E-state index contributed by atoms with van der Waals surface area (Å²) in [7, 11) is 4.55. The van der Waals surface area contributed by atoms with Crippen LogP contribution in [0.2, 0.25) is 5.02 Å². The van der Waals surface area contributed by atoms with Gasteiger partial charge in [0, 0.05) is 22.2 Å². The Morgan fingerprint density at radius 3 is 2.18 bits per heavy atom. The summed E-state index contributed by atoms with van der Waals surface area (Å²) in [5.41, 5.74) is 2.04. The van der Waals surface area contributed by atoms with Gasteiger partial charge in [0.2, 0.25) is 5.91 Å². The SMILES string of the molecule is COc1ccc(/C=C(/NC(=O)c2ccccc2)C(=O)Nc2cccc(SC(C)C(=O)Nc3cc(Cl)c(OC)cc3OC)c2)cc1. The van der Waals surface area contributed by atoms with Gasteiger partial charge in [-0.3, -0.25) is 14.4 Å². The van der Waals surface area contributed by atoms with E-state index in [-0.39, 0.29) is 11.6 Å². The molecule has 3 N–H and O–H groups in total. The van der Waals surface area contributed by atoms with Crippen molar-refractivity contribution < 1.29 is 28.6 Å². The summed E-state index contributed by atoms with van der Waals surface area (Å²) in [6, 6.07) is 25.9. The van der Waals surface area contributed by atoms with E-state index in [4.69, 9.17) is 25.8 Å². The summed E-state index contributed by atoms with van der Waals surface area (Å²) in [6.45, 7) is 1.76. The van der Waals surface area contributed by atoms with Crippen molar-refractivity contribution in [2.75, 3.05) is 32.0 Å². The number of carbonyl (C=O) groups is 3. The zero-order valence-corrected chi connectivity index (χ0v) is 26.6. The van der Waals surface area contributed by atoms with E-state index in [0.717, 1.165) is 4.90 Å². The normalized spacial score (nSPS) is 11.6. The maximum atomic E-state index is 13.5. The molecule has 4 rings (SSSR count). The molecular weight excluding hydrogens is 614 g/mol. The first-order valence-electron chi connectivity index (χ1n) is 13.7. The van der Waals surface area contributed by atoms with E-state index >= 15 is 0 Å². The Labute approximate surface area is 270 Å². The van der Waals surface area contributed by atoms with Crippen molar-refractivity contribution in [2.24, 2.45) is 0 Å². The van der Waals surface area contributed by atoms with Crippen LogP contribution in [-0.4, -0.2) is 44.3 Å². The minimum atomic E-state index is -0.522. The molecular formula is C34H32ClN3O6S. The van der Waals surface area contributed by atoms with Crippen molar-refractivity contribution >= 4 is 58.5 Å². The van der Waals surface area contributed by atoms with E-state index in [1.54, 1.807) is 105 Å². The molecule has 0 aromatic heterocycles. The second-order valence-corrected chi connectivity index (χ2v) is 11.4. The predicted octanol–water partition coefficient (Wildman–Crippen LogP) is 6.89. The molecule has 1 unspecified atom stereocenters. The first-order valence-corrected chi connectivity index (χ1v) is 15.0. The Hall–Kier alpha value is -4.93. The molecule has 232 valence electrons. The number of hydrogen-bond donors (Lipinski definition) is 3. The molecule has 0 saturated heterocycles. The molecule has 11 heteroatoms. The van der Waals surface area contributed by atoms with Gasteiger partial charge in [0.05, 0.1) is 37.3 Å². The van der Waals surface area contributed by atoms with Crippen LogP contribution >= 0.6 is 23.4 Å². The van der Waals surface area contributed by atoms with Crippen LogP contribution in [0.5, 0.6) is 17.2 Å². The largest absolute Gasteiger partial charge is 0.497 e. The lowest BCUT2D eigenvalue weighted by Crippen LogP contribution is -2.30. The molecule has 0 spiro atoms. The minimum Gasteiger partial charge on any atom is -0.497 e. The lowest BCUT2D eigenvalue weighted by molar-refractivity contribution is -0.115. The standard InChI is InChI=1S/C34H32ClN3O6S/c1-21(32(39)37-28-19-27(35)30(43-3)20-31(28)44-4)45-26-12-8-11-24(18-26)36-34(41)29(17-22-13-15-25(42-2)16-14-22)38-33(40)23-9-6-5-7-10-23/h5-21H,1-4H3,(H,36,41)(H,37,39)(H,38,40)/b29-17+. The number of halogens is 1. The van der Waals surface area contributed by atoms with Gasteiger partial charge in [-0.1, -0.05) is 48.0 Å². The summed E-state index contributed by atoms with van der Waals surface area (Å²) in [5, 5.41) is 8.24. The molecule has 0 fully saturated rings. The molecule has 9 nitrogen and oxygen atoms in total. The van der Waals surface area contributed by atoms with Gasteiger partial charge in [-0.05, 0) is 67.1 Å². The first kappa shape index (κ1) is 33.0. The molecule has 45 heavy (non-hydrogen) atoms. The van der Waals surface area contributed by atoms with Crippen molar-refractivity contribution in [2.45, 2.75) is 17.1 Å². The highest BCUT2D eigenvalue weighted by Crippen LogP contribution is 2.36. The Balaban J connectivity index is 1.48. The zero-order valence-electron chi connectivity index (χ0n) is 25.1. The highest BCUT2D eigenvalue weighted by molar-refractivity contribution is 8.00. The van der Waals surface area contributed by atoms with Crippen LogP contribution in [-0.2, 0) is 9.59 Å². The van der Waals surface area contributed by atoms with E-state index < -0.39 is 17.1 Å². The van der Waals surface area contributed by atoms with Crippen LogP contribution in [0, 0.1) is 0 Å². The van der Waals surface area contributed by atoms with E-state index in [1.165, 1.54) is 26.0 Å². The average Bonchev–Trinajstić information content (AvgIpc) is 3.05. The van der Waals surface area contributed by atoms with Crippen LogP contribution in [0.4, 0.5) is 11.4 Å². The molecule has 0 heterocycles. The second kappa shape index (κ2) is 15.7. The van der Waals surface area contributed by atoms with Crippen molar-refractivity contribution in [3.05, 3.63) is 113 Å². The smallest absolute Gasteiger partial charge is 0.272 e. The number of ether oxygens (including phenoxy) is 3. The molecule has 4 aromatic carbocycles. The number of anilines is 2. The van der Waals surface area contributed by atoms with Gasteiger partial charge in [-0.15, -0.1) is 11.8 Å². The minimum absolute atomic E-state index is 0.0481. The third kappa shape index (κ3) is 9.04. The maximum absolute atomic E-state index is 13.5. The van der Waals surface area contributed by atoms with Crippen molar-refractivity contribution in [1.82, 2.24) is 5.32 Å². The molecule has 0 saturated carbocycles. The highest BCUT2D eigenvalue weighted by Gasteiger charge is 2.19. The van der Waals surface area contributed by atoms with Crippen LogP contribution in [0.15, 0.2) is 102 Å². The molecule has 0 radical (unpaired) electrons. The molecule has 0 bridgehead atoms. The highest BCUT2D eigenvalue weighted by atomic mass is 35.5. The lowest BCUT2D eigenvalue weighted by Gasteiger charge is -2.16. The third-order valence-electron chi connectivity index (χ3n) is 6.46. The van der Waals surface area contributed by atoms with Gasteiger partial charge in [-0.2, -0.15) is 0 Å². The van der Waals surface area contributed by atoms with Crippen LogP contribution in [0.1, 0.15) is 22.8 Å². The number of thioether (sulfide) groups is 1. The Morgan fingerprint density at radius 1 is 0.800 bits per heavy atom. The number of benzene rings is 4. The van der Waals surface area contributed by atoms with Crippen molar-refractivity contribution in [1.29, 1.82) is 0 Å². The van der Waals surface area contributed by atoms with Crippen molar-refractivity contribution in [3.8, 4) is 17.2 Å². The van der Waals surface area contributed by atoms with Crippen LogP contribution in [0.3, 0.4) is 0 Å². The second-order valence-electron chi connectivity index (χ2n) is 9.57. The number of amides is 3. The Morgan fingerprint density at radius 2 is 1.51 bits per heavy atom. The summed E-state index contributed by atoms with van der Waals surface area (Å²) < 4.78 is 15.8. The summed E-state index contributed by atoms with van der Waals surface area (Å²) in [4.78, 5) is 40.2. The fourth-order valence-electron chi connectivity index (χ4n) is 4.10. The Bertz CT molecular complexity index is 1700. The predicted molar refractivity (Wildman–Crippen MR) is 178 cm³/mol.